The van der Waals surface area contributed by atoms with Crippen LogP contribution in [0.1, 0.15) is 23.5 Å². The Labute approximate surface area is 153 Å². The molecule has 2 rings (SSSR count). The van der Waals surface area contributed by atoms with E-state index in [-0.39, 0.29) is 30.7 Å². The van der Waals surface area contributed by atoms with Gasteiger partial charge in [-0.3, -0.25) is 9.59 Å². The molecule has 25 heavy (non-hydrogen) atoms. The second-order valence-corrected chi connectivity index (χ2v) is 7.62. The third kappa shape index (κ3) is 6.72. The van der Waals surface area contributed by atoms with Crippen LogP contribution in [0.4, 0.5) is 0 Å². The van der Waals surface area contributed by atoms with Crippen LogP contribution in [0.5, 0.6) is 0 Å². The molecule has 0 bridgehead atoms. The largest absolute Gasteiger partial charge is 0.377 e. The Morgan fingerprint density at radius 1 is 1.48 bits per heavy atom. The number of nitrogens with one attached hydrogen (secondary N) is 1. The molecule has 1 aromatic rings. The highest BCUT2D eigenvalue weighted by Gasteiger charge is 2.29. The summed E-state index contributed by atoms with van der Waals surface area (Å²) in [7, 11) is 4.02. The smallest absolute Gasteiger partial charge is 0.229 e. The number of carbonyl (C=O) groups excluding carboxylic acids is 2. The van der Waals surface area contributed by atoms with Gasteiger partial charge in [-0.15, -0.1) is 11.3 Å². The van der Waals surface area contributed by atoms with E-state index in [9.17, 15) is 9.59 Å². The number of amides is 2. The zero-order valence-corrected chi connectivity index (χ0v) is 16.1. The minimum absolute atomic E-state index is 0.0130. The zero-order valence-electron chi connectivity index (χ0n) is 15.3. The molecule has 8 heteroatoms. The lowest BCUT2D eigenvalue weighted by atomic mass is 10.1. The van der Waals surface area contributed by atoms with Crippen molar-refractivity contribution in [1.29, 1.82) is 0 Å². The number of hydrogen-bond donors (Lipinski definition) is 1. The molecule has 1 aliphatic heterocycles. The summed E-state index contributed by atoms with van der Waals surface area (Å²) in [4.78, 5) is 33.0. The maximum Gasteiger partial charge on any atom is 0.229 e. The van der Waals surface area contributed by atoms with Crippen molar-refractivity contribution in [2.75, 3.05) is 46.9 Å². The maximum atomic E-state index is 12.6. The maximum absolute atomic E-state index is 12.6. The Balaban J connectivity index is 1.82. The van der Waals surface area contributed by atoms with Gasteiger partial charge in [0.05, 0.1) is 36.4 Å². The van der Waals surface area contributed by atoms with E-state index >= 15 is 0 Å². The van der Waals surface area contributed by atoms with Gasteiger partial charge < -0.3 is 19.9 Å². The SMILES string of the molecule is Cc1nc(CC(=O)N2CCOC[C@H]2CC(=O)NCCCN(C)C)cs1. The Morgan fingerprint density at radius 3 is 2.96 bits per heavy atom. The summed E-state index contributed by atoms with van der Waals surface area (Å²) in [6.45, 7) is 4.97. The highest BCUT2D eigenvalue weighted by atomic mass is 32.1. The van der Waals surface area contributed by atoms with Crippen LogP contribution in [-0.4, -0.2) is 79.6 Å². The van der Waals surface area contributed by atoms with Crippen LogP contribution < -0.4 is 5.32 Å². The summed E-state index contributed by atoms with van der Waals surface area (Å²) in [6.07, 6.45) is 1.47. The number of morpholine rings is 1. The number of ether oxygens (including phenoxy) is 1. The molecule has 1 atom stereocenters. The van der Waals surface area contributed by atoms with Gasteiger partial charge in [-0.05, 0) is 34.0 Å². The van der Waals surface area contributed by atoms with E-state index in [2.05, 4.69) is 15.2 Å². The van der Waals surface area contributed by atoms with Crippen LogP contribution >= 0.6 is 11.3 Å². The summed E-state index contributed by atoms with van der Waals surface area (Å²) >= 11 is 1.54. The standard InChI is InChI=1S/C17H28N4O3S/c1-13-19-14(12-25-13)9-17(23)21-7-8-24-11-15(21)10-16(22)18-5-4-6-20(2)3/h12,15H,4-11H2,1-3H3,(H,18,22)/t15-/m1/s1. The topological polar surface area (TPSA) is 74.8 Å². The van der Waals surface area contributed by atoms with Crippen LogP contribution in [0, 0.1) is 6.92 Å². The van der Waals surface area contributed by atoms with E-state index in [0.29, 0.717) is 26.3 Å². The van der Waals surface area contributed by atoms with Crippen molar-refractivity contribution in [3.05, 3.63) is 16.1 Å². The van der Waals surface area contributed by atoms with E-state index in [1.807, 2.05) is 26.4 Å². The molecule has 0 radical (unpaired) electrons. The van der Waals surface area contributed by atoms with E-state index < -0.39 is 0 Å². The van der Waals surface area contributed by atoms with E-state index in [1.54, 1.807) is 16.2 Å². The van der Waals surface area contributed by atoms with Gasteiger partial charge in [0.1, 0.15) is 0 Å². The van der Waals surface area contributed by atoms with Crippen molar-refractivity contribution in [3.63, 3.8) is 0 Å². The number of aromatic nitrogens is 1. The number of aryl methyl sites for hydroxylation is 1. The van der Waals surface area contributed by atoms with Crippen molar-refractivity contribution in [2.24, 2.45) is 0 Å². The van der Waals surface area contributed by atoms with Gasteiger partial charge in [0.15, 0.2) is 0 Å². The van der Waals surface area contributed by atoms with Crippen molar-refractivity contribution in [2.45, 2.75) is 32.2 Å². The van der Waals surface area contributed by atoms with Crippen molar-refractivity contribution >= 4 is 23.2 Å². The van der Waals surface area contributed by atoms with Crippen molar-refractivity contribution < 1.29 is 14.3 Å². The number of nitrogens with zero attached hydrogens (tertiary/aromatic N) is 3. The Hall–Kier alpha value is -1.51. The molecule has 1 N–H and O–H groups in total. The van der Waals surface area contributed by atoms with Crippen molar-refractivity contribution in [3.8, 4) is 0 Å². The lowest BCUT2D eigenvalue weighted by Gasteiger charge is -2.35. The average Bonchev–Trinajstić information content (AvgIpc) is 2.97. The minimum Gasteiger partial charge on any atom is -0.377 e. The van der Waals surface area contributed by atoms with Crippen LogP contribution in [0.15, 0.2) is 5.38 Å². The molecule has 0 unspecified atom stereocenters. The summed E-state index contributed by atoms with van der Waals surface area (Å²) in [5.74, 6) is -0.0180. The van der Waals surface area contributed by atoms with Gasteiger partial charge in [0.25, 0.3) is 0 Å². The van der Waals surface area contributed by atoms with E-state index in [1.165, 1.54) is 0 Å². The first-order valence-electron chi connectivity index (χ1n) is 8.65. The van der Waals surface area contributed by atoms with Gasteiger partial charge in [-0.25, -0.2) is 4.98 Å². The third-order valence-corrected chi connectivity index (χ3v) is 4.89. The molecule has 0 spiro atoms. The molecule has 140 valence electrons. The van der Waals surface area contributed by atoms with Crippen LogP contribution in [-0.2, 0) is 20.7 Å². The predicted octanol–water partition coefficient (Wildman–Crippen LogP) is 0.679. The van der Waals surface area contributed by atoms with Crippen molar-refractivity contribution in [1.82, 2.24) is 20.1 Å². The Kier molecular flexibility index (Phi) is 7.80. The lowest BCUT2D eigenvalue weighted by molar-refractivity contribution is -0.141. The second-order valence-electron chi connectivity index (χ2n) is 6.56. The highest BCUT2D eigenvalue weighted by molar-refractivity contribution is 7.09. The normalized spacial score (nSPS) is 17.8. The van der Waals surface area contributed by atoms with Gasteiger partial charge in [-0.2, -0.15) is 0 Å². The van der Waals surface area contributed by atoms with Gasteiger partial charge in [0.2, 0.25) is 11.8 Å². The predicted molar refractivity (Wildman–Crippen MR) is 97.7 cm³/mol. The first-order valence-corrected chi connectivity index (χ1v) is 9.53. The number of rotatable bonds is 8. The summed E-state index contributed by atoms with van der Waals surface area (Å²) in [6, 6.07) is -0.199. The quantitative estimate of drug-likeness (QED) is 0.683. The second kappa shape index (κ2) is 9.84. The fourth-order valence-corrected chi connectivity index (χ4v) is 3.42. The minimum atomic E-state index is -0.199. The summed E-state index contributed by atoms with van der Waals surface area (Å²) in [5.41, 5.74) is 0.797. The molecule has 1 aliphatic rings. The molecule has 2 amide bonds. The molecule has 1 fully saturated rings. The summed E-state index contributed by atoms with van der Waals surface area (Å²) in [5, 5.41) is 5.80. The van der Waals surface area contributed by atoms with Gasteiger partial charge >= 0.3 is 0 Å². The molecule has 7 nitrogen and oxygen atoms in total. The Bertz CT molecular complexity index is 576. The molecule has 1 saturated heterocycles. The zero-order chi connectivity index (χ0) is 18.2. The number of thiazole rings is 1. The molecular formula is C17H28N4O3S. The lowest BCUT2D eigenvalue weighted by Crippen LogP contribution is -2.51. The molecule has 1 aromatic heterocycles. The van der Waals surface area contributed by atoms with Gasteiger partial charge in [-0.1, -0.05) is 0 Å². The fraction of sp³-hybridized carbons (Fsp3) is 0.706. The fourth-order valence-electron chi connectivity index (χ4n) is 2.81. The first-order chi connectivity index (χ1) is 12.0. The number of carbonyl (C=O) groups is 2. The number of hydrogen-bond acceptors (Lipinski definition) is 6. The molecule has 0 aromatic carbocycles. The van der Waals surface area contributed by atoms with Gasteiger partial charge in [0, 0.05) is 24.9 Å². The first kappa shape index (κ1) is 19.8. The third-order valence-electron chi connectivity index (χ3n) is 4.07. The molecule has 0 saturated carbocycles. The highest BCUT2D eigenvalue weighted by Crippen LogP contribution is 2.15. The van der Waals surface area contributed by atoms with E-state index in [4.69, 9.17) is 4.74 Å². The van der Waals surface area contributed by atoms with Crippen LogP contribution in [0.3, 0.4) is 0 Å². The summed E-state index contributed by atoms with van der Waals surface area (Å²) < 4.78 is 5.48. The Morgan fingerprint density at radius 2 is 2.28 bits per heavy atom. The average molecular weight is 369 g/mol. The van der Waals surface area contributed by atoms with Crippen LogP contribution in [0.25, 0.3) is 0 Å². The molecule has 0 aliphatic carbocycles. The molecule has 2 heterocycles. The monoisotopic (exact) mass is 368 g/mol. The van der Waals surface area contributed by atoms with Crippen LogP contribution in [0.2, 0.25) is 0 Å². The molecular weight excluding hydrogens is 340 g/mol. The van der Waals surface area contributed by atoms with E-state index in [0.717, 1.165) is 23.7 Å².